The predicted molar refractivity (Wildman–Crippen MR) is 54.7 cm³/mol. The van der Waals surface area contributed by atoms with Crippen LogP contribution in [-0.4, -0.2) is 19.5 Å². The van der Waals surface area contributed by atoms with Crippen molar-refractivity contribution in [3.8, 4) is 0 Å². The number of rotatable bonds is 7. The smallest absolute Gasteiger partial charge is 0.142 e. The van der Waals surface area contributed by atoms with E-state index in [2.05, 4.69) is 13.8 Å². The zero-order chi connectivity index (χ0) is 10.1. The van der Waals surface area contributed by atoms with Gasteiger partial charge in [0.25, 0.3) is 0 Å². The first kappa shape index (κ1) is 12.4. The summed E-state index contributed by atoms with van der Waals surface area (Å²) >= 11 is 0. The molecule has 0 bridgehead atoms. The molecule has 0 aliphatic heterocycles. The van der Waals surface area contributed by atoms with Gasteiger partial charge >= 0.3 is 0 Å². The third kappa shape index (κ3) is 7.72. The van der Waals surface area contributed by atoms with Gasteiger partial charge in [0, 0.05) is 7.11 Å². The number of hydrogen-bond acceptors (Lipinski definition) is 2. The molecule has 0 aromatic heterocycles. The highest BCUT2D eigenvalue weighted by atomic mass is 16.5. The molecule has 1 atom stereocenters. The first-order chi connectivity index (χ1) is 6.20. The molecule has 2 nitrogen and oxygen atoms in total. The topological polar surface area (TPSA) is 26.3 Å². The molecule has 0 aromatic rings. The van der Waals surface area contributed by atoms with E-state index >= 15 is 0 Å². The molecule has 0 rings (SSSR count). The van der Waals surface area contributed by atoms with Crippen LogP contribution >= 0.6 is 0 Å². The number of aldehydes is 1. The second kappa shape index (κ2) is 7.99. The number of methoxy groups -OCH3 is 1. The van der Waals surface area contributed by atoms with Crippen LogP contribution in [0.4, 0.5) is 0 Å². The number of carbonyl (C=O) groups excluding carboxylic acids is 1. The van der Waals surface area contributed by atoms with Gasteiger partial charge < -0.3 is 4.74 Å². The summed E-state index contributed by atoms with van der Waals surface area (Å²) < 4.78 is 5.28. The second-order valence-corrected chi connectivity index (χ2v) is 3.63. The van der Waals surface area contributed by atoms with Gasteiger partial charge in [-0.25, -0.2) is 0 Å². The SMILES string of the molecule is COC(CC=CC=O)CCC(C)C. The van der Waals surface area contributed by atoms with Gasteiger partial charge in [-0.2, -0.15) is 0 Å². The Kier molecular flexibility index (Phi) is 7.60. The summed E-state index contributed by atoms with van der Waals surface area (Å²) in [4.78, 5) is 10.0. The minimum absolute atomic E-state index is 0.263. The highest BCUT2D eigenvalue weighted by Gasteiger charge is 2.05. The molecule has 76 valence electrons. The van der Waals surface area contributed by atoms with Crippen molar-refractivity contribution < 1.29 is 9.53 Å². The van der Waals surface area contributed by atoms with E-state index in [4.69, 9.17) is 4.74 Å². The van der Waals surface area contributed by atoms with Gasteiger partial charge in [0.05, 0.1) is 6.10 Å². The van der Waals surface area contributed by atoms with E-state index in [0.29, 0.717) is 5.92 Å². The maximum absolute atomic E-state index is 10.0. The van der Waals surface area contributed by atoms with Crippen LogP contribution < -0.4 is 0 Å². The summed E-state index contributed by atoms with van der Waals surface area (Å²) in [6.07, 6.45) is 7.53. The van der Waals surface area contributed by atoms with Crippen molar-refractivity contribution in [2.45, 2.75) is 39.2 Å². The van der Waals surface area contributed by atoms with Crippen LogP contribution in [-0.2, 0) is 9.53 Å². The van der Waals surface area contributed by atoms with Crippen molar-refractivity contribution in [3.05, 3.63) is 12.2 Å². The zero-order valence-electron chi connectivity index (χ0n) is 8.82. The van der Waals surface area contributed by atoms with E-state index in [9.17, 15) is 4.79 Å². The van der Waals surface area contributed by atoms with E-state index in [0.717, 1.165) is 19.1 Å². The van der Waals surface area contributed by atoms with Gasteiger partial charge in [0.15, 0.2) is 0 Å². The first-order valence-corrected chi connectivity index (χ1v) is 4.83. The Morgan fingerprint density at radius 1 is 1.31 bits per heavy atom. The molecule has 2 heteroatoms. The van der Waals surface area contributed by atoms with Gasteiger partial charge in [0.1, 0.15) is 6.29 Å². The maximum Gasteiger partial charge on any atom is 0.142 e. The Labute approximate surface area is 81.0 Å². The quantitative estimate of drug-likeness (QED) is 0.449. The summed E-state index contributed by atoms with van der Waals surface area (Å²) in [5.41, 5.74) is 0. The number of ether oxygens (including phenoxy) is 1. The molecular weight excluding hydrogens is 164 g/mol. The summed E-state index contributed by atoms with van der Waals surface area (Å²) in [6.45, 7) is 4.40. The van der Waals surface area contributed by atoms with Crippen molar-refractivity contribution in [1.29, 1.82) is 0 Å². The van der Waals surface area contributed by atoms with E-state index in [1.165, 1.54) is 12.5 Å². The van der Waals surface area contributed by atoms with Crippen LogP contribution in [0.1, 0.15) is 33.1 Å². The fourth-order valence-electron chi connectivity index (χ4n) is 1.14. The van der Waals surface area contributed by atoms with Gasteiger partial charge in [-0.3, -0.25) is 4.79 Å². The lowest BCUT2D eigenvalue weighted by molar-refractivity contribution is -0.104. The number of carbonyl (C=O) groups is 1. The number of allylic oxidation sites excluding steroid dienone is 1. The lowest BCUT2D eigenvalue weighted by atomic mass is 10.0. The fraction of sp³-hybridized carbons (Fsp3) is 0.727. The van der Waals surface area contributed by atoms with Crippen molar-refractivity contribution in [3.63, 3.8) is 0 Å². The van der Waals surface area contributed by atoms with Crippen molar-refractivity contribution in [1.82, 2.24) is 0 Å². The highest BCUT2D eigenvalue weighted by molar-refractivity contribution is 5.64. The molecule has 0 saturated heterocycles. The Morgan fingerprint density at radius 3 is 2.46 bits per heavy atom. The largest absolute Gasteiger partial charge is 0.381 e. The normalized spacial score (nSPS) is 13.8. The predicted octanol–water partition coefficient (Wildman–Crippen LogP) is 2.58. The average Bonchev–Trinajstić information content (AvgIpc) is 2.10. The van der Waals surface area contributed by atoms with E-state index in [1.807, 2.05) is 6.08 Å². The molecule has 0 aromatic carbocycles. The van der Waals surface area contributed by atoms with Crippen LogP contribution in [0.15, 0.2) is 12.2 Å². The lowest BCUT2D eigenvalue weighted by Crippen LogP contribution is -2.10. The van der Waals surface area contributed by atoms with Crippen molar-refractivity contribution >= 4 is 6.29 Å². The molecule has 13 heavy (non-hydrogen) atoms. The molecular formula is C11H20O2. The molecule has 0 fully saturated rings. The molecule has 0 radical (unpaired) electrons. The molecule has 0 aliphatic rings. The van der Waals surface area contributed by atoms with Gasteiger partial charge in [-0.15, -0.1) is 0 Å². The van der Waals surface area contributed by atoms with Crippen LogP contribution in [0.2, 0.25) is 0 Å². The minimum atomic E-state index is 0.263. The van der Waals surface area contributed by atoms with Crippen LogP contribution in [0.25, 0.3) is 0 Å². The monoisotopic (exact) mass is 184 g/mol. The third-order valence-corrected chi connectivity index (χ3v) is 2.01. The van der Waals surface area contributed by atoms with E-state index in [1.54, 1.807) is 7.11 Å². The minimum Gasteiger partial charge on any atom is -0.381 e. The Hall–Kier alpha value is -0.630. The fourth-order valence-corrected chi connectivity index (χ4v) is 1.14. The Balaban J connectivity index is 3.62. The van der Waals surface area contributed by atoms with Crippen LogP contribution in [0, 0.1) is 5.92 Å². The Morgan fingerprint density at radius 2 is 2.00 bits per heavy atom. The van der Waals surface area contributed by atoms with E-state index in [-0.39, 0.29) is 6.10 Å². The highest BCUT2D eigenvalue weighted by Crippen LogP contribution is 2.11. The molecule has 0 amide bonds. The Bertz CT molecular complexity index is 150. The van der Waals surface area contributed by atoms with Crippen LogP contribution in [0.3, 0.4) is 0 Å². The summed E-state index contributed by atoms with van der Waals surface area (Å²) in [7, 11) is 1.72. The molecule has 1 unspecified atom stereocenters. The average molecular weight is 184 g/mol. The zero-order valence-corrected chi connectivity index (χ0v) is 8.82. The van der Waals surface area contributed by atoms with Gasteiger partial charge in [-0.05, 0) is 31.3 Å². The third-order valence-electron chi connectivity index (χ3n) is 2.01. The molecule has 0 spiro atoms. The molecule has 0 saturated carbocycles. The maximum atomic E-state index is 10.0. The summed E-state index contributed by atoms with van der Waals surface area (Å²) in [6, 6.07) is 0. The van der Waals surface area contributed by atoms with Crippen molar-refractivity contribution in [2.75, 3.05) is 7.11 Å². The van der Waals surface area contributed by atoms with Gasteiger partial charge in [-0.1, -0.05) is 19.9 Å². The standard InChI is InChI=1S/C11H20O2/c1-10(2)7-8-11(13-3)6-4-5-9-12/h4-5,9-11H,6-8H2,1-3H3. The summed E-state index contributed by atoms with van der Waals surface area (Å²) in [5.74, 6) is 0.715. The van der Waals surface area contributed by atoms with Crippen LogP contribution in [0.5, 0.6) is 0 Å². The molecule has 0 heterocycles. The summed E-state index contributed by atoms with van der Waals surface area (Å²) in [5, 5.41) is 0. The lowest BCUT2D eigenvalue weighted by Gasteiger charge is -2.14. The molecule has 0 N–H and O–H groups in total. The van der Waals surface area contributed by atoms with Gasteiger partial charge in [0.2, 0.25) is 0 Å². The second-order valence-electron chi connectivity index (χ2n) is 3.63. The first-order valence-electron chi connectivity index (χ1n) is 4.83. The number of hydrogen-bond donors (Lipinski definition) is 0. The molecule has 0 aliphatic carbocycles. The van der Waals surface area contributed by atoms with Crippen molar-refractivity contribution in [2.24, 2.45) is 5.92 Å². The van der Waals surface area contributed by atoms with E-state index < -0.39 is 0 Å².